The molecule has 1 fully saturated rings. The zero-order chi connectivity index (χ0) is 14.8. The van der Waals surface area contributed by atoms with E-state index in [2.05, 4.69) is 0 Å². The Morgan fingerprint density at radius 3 is 2.43 bits per heavy atom. The number of Topliss-reactive ketones (excluding diaryl/α,β-unsaturated/α-hetero) is 1. The summed E-state index contributed by atoms with van der Waals surface area (Å²) < 4.78 is 13.0. The maximum atomic E-state index is 13.0. The summed E-state index contributed by atoms with van der Waals surface area (Å²) in [5, 5.41) is 0.300. The lowest BCUT2D eigenvalue weighted by Crippen LogP contribution is -2.09. The van der Waals surface area contributed by atoms with Gasteiger partial charge in [0.05, 0.1) is 0 Å². The van der Waals surface area contributed by atoms with Gasteiger partial charge in [-0.15, -0.1) is 0 Å². The van der Waals surface area contributed by atoms with Crippen LogP contribution in [0, 0.1) is 5.82 Å². The minimum Gasteiger partial charge on any atom is -0.294 e. The normalized spacial score (nSPS) is 14.8. The standard InChI is InChI=1S/C18H16ClFO/c19-17-11-16(20)9-8-15(17)10-18(21)14-6-4-13(5-7-14)12-2-1-3-12/h4-9,11-12H,1-3,10H2. The molecule has 108 valence electrons. The van der Waals surface area contributed by atoms with E-state index in [-0.39, 0.29) is 18.0 Å². The largest absolute Gasteiger partial charge is 0.294 e. The van der Waals surface area contributed by atoms with E-state index in [0.717, 1.165) is 0 Å². The van der Waals surface area contributed by atoms with Gasteiger partial charge in [0.15, 0.2) is 5.78 Å². The van der Waals surface area contributed by atoms with Crippen LogP contribution in [0.4, 0.5) is 4.39 Å². The lowest BCUT2D eigenvalue weighted by molar-refractivity contribution is 0.0993. The van der Waals surface area contributed by atoms with Crippen molar-refractivity contribution >= 4 is 17.4 Å². The van der Waals surface area contributed by atoms with Crippen molar-refractivity contribution in [3.05, 3.63) is 70.0 Å². The van der Waals surface area contributed by atoms with E-state index >= 15 is 0 Å². The van der Waals surface area contributed by atoms with Crippen molar-refractivity contribution in [1.82, 2.24) is 0 Å². The van der Waals surface area contributed by atoms with Gasteiger partial charge < -0.3 is 0 Å². The molecule has 2 aromatic carbocycles. The second kappa shape index (κ2) is 5.98. The van der Waals surface area contributed by atoms with Crippen LogP contribution in [0.15, 0.2) is 42.5 Å². The second-order valence-corrected chi connectivity index (χ2v) is 5.99. The molecule has 0 amide bonds. The lowest BCUT2D eigenvalue weighted by Gasteiger charge is -2.25. The zero-order valence-corrected chi connectivity index (χ0v) is 12.4. The molecule has 0 radical (unpaired) electrons. The highest BCUT2D eigenvalue weighted by atomic mass is 35.5. The Labute approximate surface area is 128 Å². The summed E-state index contributed by atoms with van der Waals surface area (Å²) in [7, 11) is 0. The first-order valence-corrected chi connectivity index (χ1v) is 7.58. The molecule has 0 aliphatic heterocycles. The molecule has 1 aliphatic rings. The van der Waals surface area contributed by atoms with Crippen LogP contribution in [0.1, 0.15) is 46.7 Å². The highest BCUT2D eigenvalue weighted by molar-refractivity contribution is 6.31. The highest BCUT2D eigenvalue weighted by Crippen LogP contribution is 2.36. The van der Waals surface area contributed by atoms with Crippen LogP contribution in [-0.4, -0.2) is 5.78 Å². The number of carbonyl (C=O) groups excluding carboxylic acids is 1. The summed E-state index contributed by atoms with van der Waals surface area (Å²) >= 11 is 5.96. The van der Waals surface area contributed by atoms with Gasteiger partial charge in [0.2, 0.25) is 0 Å². The number of rotatable bonds is 4. The number of ketones is 1. The molecule has 1 saturated carbocycles. The van der Waals surface area contributed by atoms with Crippen molar-refractivity contribution in [2.75, 3.05) is 0 Å². The van der Waals surface area contributed by atoms with Gasteiger partial charge in [0, 0.05) is 17.0 Å². The first-order chi connectivity index (χ1) is 10.1. The number of benzene rings is 2. The molecule has 2 aromatic rings. The van der Waals surface area contributed by atoms with Crippen LogP contribution >= 0.6 is 11.6 Å². The average molecular weight is 303 g/mol. The van der Waals surface area contributed by atoms with Crippen molar-refractivity contribution < 1.29 is 9.18 Å². The van der Waals surface area contributed by atoms with Crippen molar-refractivity contribution in [1.29, 1.82) is 0 Å². The molecule has 0 bridgehead atoms. The number of hydrogen-bond acceptors (Lipinski definition) is 1. The molecule has 1 nitrogen and oxygen atoms in total. The molecular formula is C18H16ClFO. The molecule has 0 unspecified atom stereocenters. The van der Waals surface area contributed by atoms with Crippen LogP contribution in [0.3, 0.4) is 0 Å². The van der Waals surface area contributed by atoms with Gasteiger partial charge >= 0.3 is 0 Å². The fourth-order valence-corrected chi connectivity index (χ4v) is 2.86. The van der Waals surface area contributed by atoms with E-state index in [1.807, 2.05) is 24.3 Å². The average Bonchev–Trinajstić information content (AvgIpc) is 2.41. The molecule has 0 N–H and O–H groups in total. The number of halogens is 2. The first kappa shape index (κ1) is 14.3. The van der Waals surface area contributed by atoms with Gasteiger partial charge in [-0.2, -0.15) is 0 Å². The van der Waals surface area contributed by atoms with Gasteiger partial charge in [0.25, 0.3) is 0 Å². The van der Waals surface area contributed by atoms with Crippen LogP contribution in [-0.2, 0) is 6.42 Å². The van der Waals surface area contributed by atoms with Crippen LogP contribution in [0.5, 0.6) is 0 Å². The zero-order valence-electron chi connectivity index (χ0n) is 11.6. The molecular weight excluding hydrogens is 287 g/mol. The molecule has 3 rings (SSSR count). The minimum absolute atomic E-state index is 0.00340. The molecule has 0 aromatic heterocycles. The third kappa shape index (κ3) is 3.16. The summed E-state index contributed by atoms with van der Waals surface area (Å²) in [4.78, 5) is 12.3. The predicted octanol–water partition coefficient (Wildman–Crippen LogP) is 5.17. The van der Waals surface area contributed by atoms with E-state index in [9.17, 15) is 9.18 Å². The van der Waals surface area contributed by atoms with Crippen LogP contribution in [0.2, 0.25) is 5.02 Å². The van der Waals surface area contributed by atoms with E-state index in [1.54, 1.807) is 6.07 Å². The fraction of sp³-hybridized carbons (Fsp3) is 0.278. The molecule has 0 saturated heterocycles. The Morgan fingerprint density at radius 2 is 1.86 bits per heavy atom. The van der Waals surface area contributed by atoms with E-state index in [0.29, 0.717) is 22.1 Å². The third-order valence-electron chi connectivity index (χ3n) is 4.18. The van der Waals surface area contributed by atoms with Crippen molar-refractivity contribution in [2.45, 2.75) is 31.6 Å². The van der Waals surface area contributed by atoms with Crippen molar-refractivity contribution in [3.8, 4) is 0 Å². The Bertz CT molecular complexity index is 659. The molecule has 21 heavy (non-hydrogen) atoms. The monoisotopic (exact) mass is 302 g/mol. The molecule has 0 atom stereocenters. The Kier molecular flexibility index (Phi) is 4.07. The summed E-state index contributed by atoms with van der Waals surface area (Å²) in [5.41, 5.74) is 2.65. The smallest absolute Gasteiger partial charge is 0.167 e. The number of hydrogen-bond donors (Lipinski definition) is 0. The van der Waals surface area contributed by atoms with Gasteiger partial charge in [-0.05, 0) is 42.0 Å². The van der Waals surface area contributed by atoms with Crippen molar-refractivity contribution in [2.24, 2.45) is 0 Å². The fourth-order valence-electron chi connectivity index (χ4n) is 2.62. The predicted molar refractivity (Wildman–Crippen MR) is 82.5 cm³/mol. The van der Waals surface area contributed by atoms with E-state index in [1.165, 1.54) is 37.0 Å². The highest BCUT2D eigenvalue weighted by Gasteiger charge is 2.19. The third-order valence-corrected chi connectivity index (χ3v) is 4.53. The van der Waals surface area contributed by atoms with Crippen LogP contribution in [0.25, 0.3) is 0 Å². The van der Waals surface area contributed by atoms with E-state index in [4.69, 9.17) is 11.6 Å². The SMILES string of the molecule is O=C(Cc1ccc(F)cc1Cl)c1ccc(C2CCC2)cc1. The van der Waals surface area contributed by atoms with Gasteiger partial charge in [-0.3, -0.25) is 4.79 Å². The summed E-state index contributed by atoms with van der Waals surface area (Å²) in [5.74, 6) is 0.283. The van der Waals surface area contributed by atoms with Gasteiger partial charge in [-0.1, -0.05) is 48.4 Å². The van der Waals surface area contributed by atoms with Gasteiger partial charge in [0.1, 0.15) is 5.82 Å². The molecule has 0 heterocycles. The molecule has 3 heteroatoms. The first-order valence-electron chi connectivity index (χ1n) is 7.20. The van der Waals surface area contributed by atoms with Gasteiger partial charge in [-0.25, -0.2) is 4.39 Å². The maximum absolute atomic E-state index is 13.0. The topological polar surface area (TPSA) is 17.1 Å². The Balaban J connectivity index is 1.72. The lowest BCUT2D eigenvalue weighted by atomic mass is 9.80. The number of carbonyl (C=O) groups is 1. The quantitative estimate of drug-likeness (QED) is 0.712. The minimum atomic E-state index is -0.388. The second-order valence-electron chi connectivity index (χ2n) is 5.59. The Hall–Kier alpha value is -1.67. The molecule has 0 spiro atoms. The molecule has 1 aliphatic carbocycles. The van der Waals surface area contributed by atoms with E-state index < -0.39 is 0 Å². The van der Waals surface area contributed by atoms with Crippen molar-refractivity contribution in [3.63, 3.8) is 0 Å². The maximum Gasteiger partial charge on any atom is 0.167 e. The summed E-state index contributed by atoms with van der Waals surface area (Å²) in [6.45, 7) is 0. The van der Waals surface area contributed by atoms with Crippen LogP contribution < -0.4 is 0 Å². The Morgan fingerprint density at radius 1 is 1.14 bits per heavy atom. The summed E-state index contributed by atoms with van der Waals surface area (Å²) in [6.07, 6.45) is 3.99. The summed E-state index contributed by atoms with van der Waals surface area (Å²) in [6, 6.07) is 12.0.